The largest absolute Gasteiger partial charge is 0.459 e. The Labute approximate surface area is 105 Å². The van der Waals surface area contributed by atoms with Gasteiger partial charge in [0.25, 0.3) is 0 Å². The molecule has 1 rings (SSSR count). The molecule has 1 aliphatic carbocycles. The predicted molar refractivity (Wildman–Crippen MR) is 69.9 cm³/mol. The lowest BCUT2D eigenvalue weighted by molar-refractivity contribution is -0.153. The van der Waals surface area contributed by atoms with Crippen LogP contribution in [0, 0.1) is 5.41 Å². The van der Waals surface area contributed by atoms with Crippen LogP contribution in [0.15, 0.2) is 0 Å². The van der Waals surface area contributed by atoms with Gasteiger partial charge in [-0.2, -0.15) is 0 Å². The molecule has 0 aromatic carbocycles. The average molecular weight is 241 g/mol. The molecule has 100 valence electrons. The molecular weight excluding hydrogens is 214 g/mol. The van der Waals surface area contributed by atoms with E-state index in [1.807, 2.05) is 20.8 Å². The molecule has 1 fully saturated rings. The highest BCUT2D eigenvalue weighted by atomic mass is 16.6. The Morgan fingerprint density at radius 3 is 2.35 bits per heavy atom. The fourth-order valence-electron chi connectivity index (χ4n) is 2.43. The Hall–Kier alpha value is -0.570. The molecule has 0 saturated heterocycles. The van der Waals surface area contributed by atoms with Crippen LogP contribution in [-0.2, 0) is 9.53 Å². The molecule has 1 saturated carbocycles. The second kappa shape index (κ2) is 5.85. The molecule has 0 radical (unpaired) electrons. The summed E-state index contributed by atoms with van der Waals surface area (Å²) in [5.41, 5.74) is -0.00618. The molecule has 0 aromatic rings. The SMILES string of the molecule is CC1(CNCC(=O)OC(C)(C)C)CCCCC1. The lowest BCUT2D eigenvalue weighted by Gasteiger charge is -2.33. The van der Waals surface area contributed by atoms with Crippen LogP contribution in [0.4, 0.5) is 0 Å². The van der Waals surface area contributed by atoms with Gasteiger partial charge in [-0.05, 0) is 39.0 Å². The number of hydrogen-bond acceptors (Lipinski definition) is 3. The van der Waals surface area contributed by atoms with Crippen molar-refractivity contribution in [2.45, 2.75) is 65.4 Å². The Kier molecular flexibility index (Phi) is 4.99. The van der Waals surface area contributed by atoms with Crippen LogP contribution >= 0.6 is 0 Å². The zero-order valence-electron chi connectivity index (χ0n) is 11.8. The minimum Gasteiger partial charge on any atom is -0.459 e. The van der Waals surface area contributed by atoms with Crippen molar-refractivity contribution in [3.05, 3.63) is 0 Å². The van der Waals surface area contributed by atoms with Crippen LogP contribution < -0.4 is 5.32 Å². The van der Waals surface area contributed by atoms with Crippen LogP contribution in [0.5, 0.6) is 0 Å². The quantitative estimate of drug-likeness (QED) is 0.769. The van der Waals surface area contributed by atoms with Crippen molar-refractivity contribution < 1.29 is 9.53 Å². The Bertz CT molecular complexity index is 249. The van der Waals surface area contributed by atoms with Crippen molar-refractivity contribution in [2.75, 3.05) is 13.1 Å². The summed E-state index contributed by atoms with van der Waals surface area (Å²) in [5, 5.41) is 3.24. The summed E-state index contributed by atoms with van der Waals surface area (Å²) in [6, 6.07) is 0. The van der Waals surface area contributed by atoms with E-state index in [0.717, 1.165) is 6.54 Å². The number of hydrogen-bond donors (Lipinski definition) is 1. The lowest BCUT2D eigenvalue weighted by Crippen LogP contribution is -2.38. The first kappa shape index (κ1) is 14.5. The molecular formula is C14H27NO2. The molecule has 0 aliphatic heterocycles. The normalized spacial score (nSPS) is 20.0. The third kappa shape index (κ3) is 6.06. The summed E-state index contributed by atoms with van der Waals surface area (Å²) in [6.45, 7) is 9.25. The molecule has 0 heterocycles. The minimum atomic E-state index is -0.381. The second-order valence-corrected chi connectivity index (χ2v) is 6.56. The van der Waals surface area contributed by atoms with E-state index in [-0.39, 0.29) is 11.6 Å². The van der Waals surface area contributed by atoms with Crippen molar-refractivity contribution >= 4 is 5.97 Å². The van der Waals surface area contributed by atoms with E-state index in [2.05, 4.69) is 12.2 Å². The number of carbonyl (C=O) groups is 1. The highest BCUT2D eigenvalue weighted by Crippen LogP contribution is 2.34. The molecule has 1 N–H and O–H groups in total. The Morgan fingerprint density at radius 1 is 1.24 bits per heavy atom. The van der Waals surface area contributed by atoms with Crippen LogP contribution in [0.25, 0.3) is 0 Å². The smallest absolute Gasteiger partial charge is 0.320 e. The van der Waals surface area contributed by atoms with Crippen molar-refractivity contribution in [1.82, 2.24) is 5.32 Å². The number of esters is 1. The van der Waals surface area contributed by atoms with Crippen molar-refractivity contribution in [2.24, 2.45) is 5.41 Å². The average Bonchev–Trinajstić information content (AvgIpc) is 2.15. The predicted octanol–water partition coefficient (Wildman–Crippen LogP) is 2.89. The van der Waals surface area contributed by atoms with E-state index in [4.69, 9.17) is 4.74 Å². The van der Waals surface area contributed by atoms with Gasteiger partial charge in [0.2, 0.25) is 0 Å². The van der Waals surface area contributed by atoms with Crippen molar-refractivity contribution in [1.29, 1.82) is 0 Å². The van der Waals surface area contributed by atoms with Crippen LogP contribution in [-0.4, -0.2) is 24.7 Å². The molecule has 0 aromatic heterocycles. The van der Waals surface area contributed by atoms with Gasteiger partial charge in [0, 0.05) is 6.54 Å². The topological polar surface area (TPSA) is 38.3 Å². The van der Waals surface area contributed by atoms with Gasteiger partial charge in [0.1, 0.15) is 5.60 Å². The highest BCUT2D eigenvalue weighted by Gasteiger charge is 2.26. The van der Waals surface area contributed by atoms with E-state index >= 15 is 0 Å². The van der Waals surface area contributed by atoms with E-state index in [1.165, 1.54) is 32.1 Å². The first-order valence-corrected chi connectivity index (χ1v) is 6.73. The van der Waals surface area contributed by atoms with Crippen molar-refractivity contribution in [3.8, 4) is 0 Å². The Balaban J connectivity index is 2.20. The zero-order chi connectivity index (χ0) is 12.9. The maximum absolute atomic E-state index is 11.5. The van der Waals surface area contributed by atoms with Gasteiger partial charge >= 0.3 is 5.97 Å². The number of carbonyl (C=O) groups excluding carboxylic acids is 1. The van der Waals surface area contributed by atoms with Gasteiger partial charge in [-0.15, -0.1) is 0 Å². The van der Waals surface area contributed by atoms with E-state index < -0.39 is 0 Å². The van der Waals surface area contributed by atoms with Crippen molar-refractivity contribution in [3.63, 3.8) is 0 Å². The summed E-state index contributed by atoms with van der Waals surface area (Å²) >= 11 is 0. The zero-order valence-corrected chi connectivity index (χ0v) is 11.8. The van der Waals surface area contributed by atoms with Gasteiger partial charge in [-0.1, -0.05) is 26.2 Å². The molecule has 0 bridgehead atoms. The van der Waals surface area contributed by atoms with E-state index in [0.29, 0.717) is 12.0 Å². The first-order chi connectivity index (χ1) is 7.81. The number of nitrogens with one attached hydrogen (secondary N) is 1. The molecule has 3 nitrogen and oxygen atoms in total. The molecule has 1 aliphatic rings. The maximum Gasteiger partial charge on any atom is 0.320 e. The Morgan fingerprint density at radius 2 is 1.82 bits per heavy atom. The van der Waals surface area contributed by atoms with Gasteiger partial charge < -0.3 is 10.1 Å². The third-order valence-corrected chi connectivity index (χ3v) is 3.30. The van der Waals surface area contributed by atoms with E-state index in [1.54, 1.807) is 0 Å². The molecule has 0 spiro atoms. The number of ether oxygens (including phenoxy) is 1. The van der Waals surface area contributed by atoms with Crippen LogP contribution in [0.1, 0.15) is 59.8 Å². The van der Waals surface area contributed by atoms with E-state index in [9.17, 15) is 4.79 Å². The fourth-order valence-corrected chi connectivity index (χ4v) is 2.43. The van der Waals surface area contributed by atoms with Gasteiger partial charge in [0.05, 0.1) is 6.54 Å². The summed E-state index contributed by atoms with van der Waals surface area (Å²) < 4.78 is 5.26. The van der Waals surface area contributed by atoms with Gasteiger partial charge in [-0.25, -0.2) is 0 Å². The molecule has 3 heteroatoms. The summed E-state index contributed by atoms with van der Waals surface area (Å²) in [6.07, 6.45) is 6.56. The molecule has 0 amide bonds. The molecule has 17 heavy (non-hydrogen) atoms. The standard InChI is InChI=1S/C14H27NO2/c1-13(2,3)17-12(16)10-15-11-14(4)8-6-5-7-9-14/h15H,5-11H2,1-4H3. The monoisotopic (exact) mass is 241 g/mol. The third-order valence-electron chi connectivity index (χ3n) is 3.30. The maximum atomic E-state index is 11.5. The summed E-state index contributed by atoms with van der Waals surface area (Å²) in [4.78, 5) is 11.5. The lowest BCUT2D eigenvalue weighted by atomic mass is 9.76. The molecule has 0 unspecified atom stereocenters. The second-order valence-electron chi connectivity index (χ2n) is 6.56. The summed E-state index contributed by atoms with van der Waals surface area (Å²) in [7, 11) is 0. The summed E-state index contributed by atoms with van der Waals surface area (Å²) in [5.74, 6) is -0.156. The first-order valence-electron chi connectivity index (χ1n) is 6.73. The van der Waals surface area contributed by atoms with Gasteiger partial charge in [0.15, 0.2) is 0 Å². The molecule has 0 atom stereocenters. The van der Waals surface area contributed by atoms with Crippen LogP contribution in [0.2, 0.25) is 0 Å². The fraction of sp³-hybridized carbons (Fsp3) is 0.929. The van der Waals surface area contributed by atoms with Crippen LogP contribution in [0.3, 0.4) is 0 Å². The van der Waals surface area contributed by atoms with Gasteiger partial charge in [-0.3, -0.25) is 4.79 Å². The highest BCUT2D eigenvalue weighted by molar-refractivity contribution is 5.72. The minimum absolute atomic E-state index is 0.156. The number of rotatable bonds is 4.